The van der Waals surface area contributed by atoms with E-state index in [0.717, 1.165) is 33.6 Å². The zero-order chi connectivity index (χ0) is 19.8. The van der Waals surface area contributed by atoms with Crippen LogP contribution >= 0.6 is 34.7 Å². The first-order chi connectivity index (χ1) is 13.7. The second-order valence-electron chi connectivity index (χ2n) is 6.05. The Kier molecular flexibility index (Phi) is 7.71. The Balaban J connectivity index is 1.64. The van der Waals surface area contributed by atoms with Gasteiger partial charge in [0.05, 0.1) is 11.8 Å². The normalized spacial score (nSPS) is 11.8. The van der Waals surface area contributed by atoms with Crippen LogP contribution in [0.25, 0.3) is 0 Å². The minimum atomic E-state index is -0.234. The maximum absolute atomic E-state index is 12.6. The molecule has 1 atom stereocenters. The van der Waals surface area contributed by atoms with Crippen LogP contribution < -0.4 is 10.6 Å². The largest absolute Gasteiger partial charge is 0.360 e. The highest BCUT2D eigenvalue weighted by atomic mass is 35.5. The molecule has 146 valence electrons. The number of rotatable bonds is 9. The molecule has 0 aliphatic heterocycles. The predicted octanol–water partition coefficient (Wildman–Crippen LogP) is 5.01. The van der Waals surface area contributed by atoms with Gasteiger partial charge in [0, 0.05) is 11.6 Å². The van der Waals surface area contributed by atoms with Crippen LogP contribution in [0.2, 0.25) is 5.02 Å². The number of anilines is 1. The Morgan fingerprint density at radius 1 is 1.11 bits per heavy atom. The lowest BCUT2D eigenvalue weighted by molar-refractivity contribution is -0.119. The molecule has 3 rings (SSSR count). The van der Waals surface area contributed by atoms with Gasteiger partial charge >= 0.3 is 0 Å². The van der Waals surface area contributed by atoms with Crippen LogP contribution in [0.5, 0.6) is 0 Å². The van der Waals surface area contributed by atoms with Crippen molar-refractivity contribution in [1.29, 1.82) is 0 Å². The summed E-state index contributed by atoms with van der Waals surface area (Å²) in [5.41, 5.74) is 2.00. The summed E-state index contributed by atoms with van der Waals surface area (Å²) in [5, 5.41) is 16.0. The second kappa shape index (κ2) is 10.5. The van der Waals surface area contributed by atoms with Crippen LogP contribution in [0.3, 0.4) is 0 Å². The molecule has 1 heterocycles. The topological polar surface area (TPSA) is 66.9 Å². The number of carbonyl (C=O) groups is 1. The van der Waals surface area contributed by atoms with Crippen molar-refractivity contribution < 1.29 is 4.79 Å². The Morgan fingerprint density at radius 2 is 1.82 bits per heavy atom. The Bertz CT molecular complexity index is 887. The van der Waals surface area contributed by atoms with Gasteiger partial charge in [-0.2, -0.15) is 0 Å². The van der Waals surface area contributed by atoms with Crippen molar-refractivity contribution >= 4 is 45.7 Å². The number of halogens is 1. The van der Waals surface area contributed by atoms with E-state index in [9.17, 15) is 4.79 Å². The molecule has 1 unspecified atom stereocenters. The van der Waals surface area contributed by atoms with E-state index in [1.54, 1.807) is 0 Å². The Labute approximate surface area is 177 Å². The summed E-state index contributed by atoms with van der Waals surface area (Å²) in [6.45, 7) is 2.96. The zero-order valence-corrected chi connectivity index (χ0v) is 17.8. The third-order valence-corrected chi connectivity index (χ3v) is 6.17. The van der Waals surface area contributed by atoms with E-state index in [-0.39, 0.29) is 17.7 Å². The third kappa shape index (κ3) is 5.95. The maximum Gasteiger partial charge on any atom is 0.231 e. The van der Waals surface area contributed by atoms with Gasteiger partial charge in [0.1, 0.15) is 0 Å². The SMILES string of the molecule is CCCNc1nnc(SCC(=O)NC(c2ccccc2)c2ccc(Cl)cc2)s1. The summed E-state index contributed by atoms with van der Waals surface area (Å²) in [6.07, 6.45) is 1.02. The number of nitrogens with one attached hydrogen (secondary N) is 2. The molecule has 8 heteroatoms. The summed E-state index contributed by atoms with van der Waals surface area (Å²) < 4.78 is 0.775. The van der Waals surface area contributed by atoms with Crippen LogP contribution in [0.1, 0.15) is 30.5 Å². The molecule has 0 fully saturated rings. The minimum absolute atomic E-state index is 0.0629. The maximum atomic E-state index is 12.6. The number of aromatic nitrogens is 2. The number of carbonyl (C=O) groups excluding carboxylic acids is 1. The number of hydrogen-bond acceptors (Lipinski definition) is 6. The first-order valence-corrected chi connectivity index (χ1v) is 11.1. The predicted molar refractivity (Wildman–Crippen MR) is 117 cm³/mol. The van der Waals surface area contributed by atoms with E-state index in [1.807, 2.05) is 54.6 Å². The molecule has 2 aromatic carbocycles. The molecule has 1 aromatic heterocycles. The van der Waals surface area contributed by atoms with Gasteiger partial charge in [-0.15, -0.1) is 10.2 Å². The molecule has 0 spiro atoms. The summed E-state index contributed by atoms with van der Waals surface area (Å²) in [6, 6.07) is 17.2. The summed E-state index contributed by atoms with van der Waals surface area (Å²) in [4.78, 5) is 12.6. The Morgan fingerprint density at radius 3 is 2.54 bits per heavy atom. The van der Waals surface area contributed by atoms with Gasteiger partial charge in [0.2, 0.25) is 11.0 Å². The molecule has 1 amide bonds. The summed E-state index contributed by atoms with van der Waals surface area (Å²) in [5.74, 6) is 0.214. The van der Waals surface area contributed by atoms with Gasteiger partial charge < -0.3 is 10.6 Å². The molecule has 0 saturated carbocycles. The van der Waals surface area contributed by atoms with Crippen molar-refractivity contribution in [3.8, 4) is 0 Å². The zero-order valence-electron chi connectivity index (χ0n) is 15.4. The fourth-order valence-corrected chi connectivity index (χ4v) is 4.28. The molecule has 0 aliphatic rings. The quantitative estimate of drug-likeness (QED) is 0.465. The standard InChI is InChI=1S/C20H21ClN4OS2/c1-2-12-22-19-24-25-20(28-19)27-13-17(26)23-18(14-6-4-3-5-7-14)15-8-10-16(21)11-9-15/h3-11,18H,2,12-13H2,1H3,(H,22,24)(H,23,26). The Hall–Kier alpha value is -2.09. The molecular weight excluding hydrogens is 412 g/mol. The van der Waals surface area contributed by atoms with Gasteiger partial charge in [0.15, 0.2) is 4.34 Å². The molecule has 0 aliphatic carbocycles. The molecule has 0 radical (unpaired) electrons. The smallest absolute Gasteiger partial charge is 0.231 e. The second-order valence-corrected chi connectivity index (χ2v) is 8.69. The first kappa shape index (κ1) is 20.6. The monoisotopic (exact) mass is 432 g/mol. The molecular formula is C20H21ClN4OS2. The number of benzene rings is 2. The number of amides is 1. The molecule has 2 N–H and O–H groups in total. The van der Waals surface area contributed by atoms with Crippen LogP contribution in [0.4, 0.5) is 5.13 Å². The van der Waals surface area contributed by atoms with E-state index in [1.165, 1.54) is 23.1 Å². The van der Waals surface area contributed by atoms with Crippen molar-refractivity contribution in [1.82, 2.24) is 15.5 Å². The highest BCUT2D eigenvalue weighted by molar-refractivity contribution is 8.01. The minimum Gasteiger partial charge on any atom is -0.360 e. The fraction of sp³-hybridized carbons (Fsp3) is 0.250. The van der Waals surface area contributed by atoms with Gasteiger partial charge in [0.25, 0.3) is 0 Å². The average molecular weight is 433 g/mol. The number of nitrogens with zero attached hydrogens (tertiary/aromatic N) is 2. The van der Waals surface area contributed by atoms with E-state index in [2.05, 4.69) is 27.8 Å². The van der Waals surface area contributed by atoms with E-state index in [4.69, 9.17) is 11.6 Å². The van der Waals surface area contributed by atoms with Gasteiger partial charge in [-0.25, -0.2) is 0 Å². The number of hydrogen-bond donors (Lipinski definition) is 2. The van der Waals surface area contributed by atoms with Crippen molar-refractivity contribution in [2.45, 2.75) is 23.7 Å². The van der Waals surface area contributed by atoms with Crippen LogP contribution in [-0.4, -0.2) is 28.4 Å². The van der Waals surface area contributed by atoms with E-state index >= 15 is 0 Å². The average Bonchev–Trinajstić information content (AvgIpc) is 3.18. The first-order valence-electron chi connectivity index (χ1n) is 8.95. The van der Waals surface area contributed by atoms with Crippen molar-refractivity contribution in [3.05, 3.63) is 70.7 Å². The molecule has 3 aromatic rings. The number of thioether (sulfide) groups is 1. The van der Waals surface area contributed by atoms with Gasteiger partial charge in [-0.3, -0.25) is 4.79 Å². The molecule has 0 saturated heterocycles. The van der Waals surface area contributed by atoms with E-state index in [0.29, 0.717) is 5.02 Å². The fourth-order valence-electron chi connectivity index (χ4n) is 2.56. The van der Waals surface area contributed by atoms with Gasteiger partial charge in [-0.1, -0.05) is 84.1 Å². The molecule has 28 heavy (non-hydrogen) atoms. The van der Waals surface area contributed by atoms with E-state index < -0.39 is 0 Å². The highest BCUT2D eigenvalue weighted by Crippen LogP contribution is 2.27. The van der Waals surface area contributed by atoms with Crippen LogP contribution in [-0.2, 0) is 4.79 Å². The van der Waals surface area contributed by atoms with Crippen molar-refractivity contribution in [2.24, 2.45) is 0 Å². The summed E-state index contributed by atoms with van der Waals surface area (Å²) >= 11 is 8.86. The lowest BCUT2D eigenvalue weighted by Gasteiger charge is -2.20. The third-order valence-electron chi connectivity index (χ3n) is 3.90. The van der Waals surface area contributed by atoms with Crippen LogP contribution in [0, 0.1) is 0 Å². The van der Waals surface area contributed by atoms with Crippen molar-refractivity contribution in [3.63, 3.8) is 0 Å². The van der Waals surface area contributed by atoms with Crippen molar-refractivity contribution in [2.75, 3.05) is 17.6 Å². The van der Waals surface area contributed by atoms with Gasteiger partial charge in [-0.05, 0) is 29.7 Å². The highest BCUT2D eigenvalue weighted by Gasteiger charge is 2.17. The van der Waals surface area contributed by atoms with Crippen LogP contribution in [0.15, 0.2) is 58.9 Å². The summed E-state index contributed by atoms with van der Waals surface area (Å²) in [7, 11) is 0. The lowest BCUT2D eigenvalue weighted by atomic mass is 9.99. The molecule has 0 bridgehead atoms. The lowest BCUT2D eigenvalue weighted by Crippen LogP contribution is -2.30. The molecule has 5 nitrogen and oxygen atoms in total.